The maximum absolute atomic E-state index is 11.4. The largest absolute Gasteiger partial charge is 0.494 e. The van der Waals surface area contributed by atoms with E-state index in [2.05, 4.69) is 26.0 Å². The van der Waals surface area contributed by atoms with Crippen molar-refractivity contribution in [3.8, 4) is 5.75 Å². The van der Waals surface area contributed by atoms with Gasteiger partial charge in [0.2, 0.25) is 6.08 Å². The predicted molar refractivity (Wildman–Crippen MR) is 103 cm³/mol. The van der Waals surface area contributed by atoms with Crippen LogP contribution in [0.2, 0.25) is 0 Å². The Hall–Kier alpha value is -2.70. The molecular formula is C20H27N3O5. The molecule has 1 saturated heterocycles. The zero-order chi connectivity index (χ0) is 20.2. The monoisotopic (exact) mass is 389 g/mol. The van der Waals surface area contributed by atoms with Crippen molar-refractivity contribution >= 4 is 18.0 Å². The van der Waals surface area contributed by atoms with E-state index in [1.165, 1.54) is 12.5 Å². The summed E-state index contributed by atoms with van der Waals surface area (Å²) < 4.78 is 10.4. The molecule has 0 bridgehead atoms. The van der Waals surface area contributed by atoms with E-state index in [4.69, 9.17) is 4.74 Å². The van der Waals surface area contributed by atoms with E-state index in [0.29, 0.717) is 19.6 Å². The smallest absolute Gasteiger partial charge is 0.303 e. The van der Waals surface area contributed by atoms with Gasteiger partial charge in [0.15, 0.2) is 6.61 Å². The number of ether oxygens (including phenoxy) is 2. The van der Waals surface area contributed by atoms with E-state index in [1.807, 2.05) is 18.2 Å². The minimum Gasteiger partial charge on any atom is -0.494 e. The van der Waals surface area contributed by atoms with Gasteiger partial charge in [0, 0.05) is 33.1 Å². The Kier molecular flexibility index (Phi) is 9.18. The molecule has 2 rings (SSSR count). The summed E-state index contributed by atoms with van der Waals surface area (Å²) in [5.41, 5.74) is 1.17. The van der Waals surface area contributed by atoms with Crippen LogP contribution in [0.5, 0.6) is 5.75 Å². The van der Waals surface area contributed by atoms with Gasteiger partial charge in [0.25, 0.3) is 5.91 Å². The van der Waals surface area contributed by atoms with Crippen molar-refractivity contribution in [2.75, 3.05) is 32.8 Å². The molecule has 0 saturated carbocycles. The number of amides is 1. The fourth-order valence-electron chi connectivity index (χ4n) is 2.98. The lowest BCUT2D eigenvalue weighted by Crippen LogP contribution is -2.34. The van der Waals surface area contributed by atoms with E-state index in [1.54, 1.807) is 6.08 Å². The van der Waals surface area contributed by atoms with Crippen LogP contribution in [0.1, 0.15) is 31.7 Å². The van der Waals surface area contributed by atoms with Gasteiger partial charge in [-0.1, -0.05) is 12.1 Å². The van der Waals surface area contributed by atoms with Crippen molar-refractivity contribution in [3.63, 3.8) is 0 Å². The van der Waals surface area contributed by atoms with Crippen LogP contribution in [0.15, 0.2) is 29.3 Å². The van der Waals surface area contributed by atoms with Gasteiger partial charge in [0.05, 0.1) is 12.6 Å². The number of carbonyl (C=O) groups excluding carboxylic acids is 3. The molecule has 152 valence electrons. The maximum atomic E-state index is 11.4. The lowest BCUT2D eigenvalue weighted by molar-refractivity contribution is -0.146. The van der Waals surface area contributed by atoms with Crippen LogP contribution >= 0.6 is 0 Å². The van der Waals surface area contributed by atoms with E-state index in [-0.39, 0.29) is 18.6 Å². The molecule has 0 spiro atoms. The van der Waals surface area contributed by atoms with Crippen LogP contribution in [-0.2, 0) is 25.7 Å². The molecule has 0 unspecified atom stereocenters. The first kappa shape index (κ1) is 21.6. The standard InChI is InChI=1S/C20H27N3O5/c1-16(25)28-14-20(26)21-8-3-11-27-19-5-2-4-17(12-19)13-23-9-6-18(7-10-23)22-15-24/h2,4-5,12,18H,3,6-11,13-14H2,1H3,(H,21,26). The van der Waals surface area contributed by atoms with Gasteiger partial charge in [-0.25, -0.2) is 9.79 Å². The van der Waals surface area contributed by atoms with E-state index in [9.17, 15) is 14.4 Å². The van der Waals surface area contributed by atoms with Crippen molar-refractivity contribution in [1.82, 2.24) is 10.2 Å². The second kappa shape index (κ2) is 11.9. The summed E-state index contributed by atoms with van der Waals surface area (Å²) in [4.78, 5) is 38.5. The SMILES string of the molecule is CC(=O)OCC(=O)NCCCOc1cccc(CN2CCC(N=C=O)CC2)c1. The number of hydrogen-bond acceptors (Lipinski definition) is 7. The van der Waals surface area contributed by atoms with E-state index >= 15 is 0 Å². The molecule has 1 aliphatic heterocycles. The summed E-state index contributed by atoms with van der Waals surface area (Å²) in [6.07, 6.45) is 4.07. The van der Waals surface area contributed by atoms with Crippen LogP contribution < -0.4 is 10.1 Å². The average molecular weight is 389 g/mol. The van der Waals surface area contributed by atoms with E-state index in [0.717, 1.165) is 38.2 Å². The highest BCUT2D eigenvalue weighted by Crippen LogP contribution is 2.19. The Morgan fingerprint density at radius 1 is 1.32 bits per heavy atom. The number of esters is 1. The topological polar surface area (TPSA) is 97.3 Å². The Balaban J connectivity index is 1.65. The Bertz CT molecular complexity index is 695. The summed E-state index contributed by atoms with van der Waals surface area (Å²) >= 11 is 0. The molecule has 1 heterocycles. The van der Waals surface area contributed by atoms with Crippen molar-refractivity contribution < 1.29 is 23.9 Å². The molecule has 1 aromatic carbocycles. The van der Waals surface area contributed by atoms with Crippen LogP contribution in [0.25, 0.3) is 0 Å². The molecule has 1 amide bonds. The van der Waals surface area contributed by atoms with Crippen LogP contribution in [0.3, 0.4) is 0 Å². The number of aliphatic imine (C=N–C) groups is 1. The number of carbonyl (C=O) groups is 2. The molecule has 0 radical (unpaired) electrons. The summed E-state index contributed by atoms with van der Waals surface area (Å²) in [5.74, 6) is 0.00110. The molecular weight excluding hydrogens is 362 g/mol. The highest BCUT2D eigenvalue weighted by atomic mass is 16.5. The Labute approximate surface area is 164 Å². The Morgan fingerprint density at radius 2 is 2.11 bits per heavy atom. The number of rotatable bonds is 10. The number of nitrogens with one attached hydrogen (secondary N) is 1. The maximum Gasteiger partial charge on any atom is 0.303 e. The van der Waals surface area contributed by atoms with Gasteiger partial charge in [0.1, 0.15) is 5.75 Å². The number of benzene rings is 1. The third kappa shape index (κ3) is 8.33. The number of piperidine rings is 1. The van der Waals surface area contributed by atoms with Gasteiger partial charge in [-0.3, -0.25) is 14.5 Å². The lowest BCUT2D eigenvalue weighted by atomic mass is 10.0. The second-order valence-electron chi connectivity index (χ2n) is 6.71. The zero-order valence-corrected chi connectivity index (χ0v) is 16.2. The molecule has 8 nitrogen and oxygen atoms in total. The van der Waals surface area contributed by atoms with Crippen molar-refractivity contribution in [2.45, 2.75) is 38.8 Å². The number of likely N-dealkylation sites (tertiary alicyclic amines) is 1. The summed E-state index contributed by atoms with van der Waals surface area (Å²) in [6, 6.07) is 8.08. The predicted octanol–water partition coefficient (Wildman–Crippen LogP) is 1.43. The number of nitrogens with zero attached hydrogens (tertiary/aromatic N) is 2. The molecule has 0 aliphatic carbocycles. The zero-order valence-electron chi connectivity index (χ0n) is 16.2. The lowest BCUT2D eigenvalue weighted by Gasteiger charge is -2.29. The molecule has 0 atom stereocenters. The summed E-state index contributed by atoms with van der Waals surface area (Å²) in [5, 5.41) is 2.67. The normalized spacial score (nSPS) is 14.8. The van der Waals surface area contributed by atoms with Gasteiger partial charge < -0.3 is 14.8 Å². The molecule has 0 aromatic heterocycles. The van der Waals surface area contributed by atoms with Gasteiger partial charge in [-0.15, -0.1) is 0 Å². The summed E-state index contributed by atoms with van der Waals surface area (Å²) in [6.45, 7) is 4.60. The van der Waals surface area contributed by atoms with Crippen molar-refractivity contribution in [3.05, 3.63) is 29.8 Å². The molecule has 1 fully saturated rings. The highest BCUT2D eigenvalue weighted by Gasteiger charge is 2.18. The van der Waals surface area contributed by atoms with Gasteiger partial charge in [-0.2, -0.15) is 0 Å². The minimum atomic E-state index is -0.475. The first-order chi connectivity index (χ1) is 13.6. The third-order valence-corrected chi connectivity index (χ3v) is 4.42. The minimum absolute atomic E-state index is 0.109. The third-order valence-electron chi connectivity index (χ3n) is 4.42. The fourth-order valence-corrected chi connectivity index (χ4v) is 2.98. The number of hydrogen-bond donors (Lipinski definition) is 1. The molecule has 1 aromatic rings. The van der Waals surface area contributed by atoms with Crippen molar-refractivity contribution in [1.29, 1.82) is 0 Å². The molecule has 1 aliphatic rings. The summed E-state index contributed by atoms with van der Waals surface area (Å²) in [7, 11) is 0. The molecule has 1 N–H and O–H groups in total. The molecule has 8 heteroatoms. The van der Waals surface area contributed by atoms with Crippen LogP contribution in [0, 0.1) is 0 Å². The van der Waals surface area contributed by atoms with Crippen LogP contribution in [-0.4, -0.2) is 61.7 Å². The van der Waals surface area contributed by atoms with Gasteiger partial charge >= 0.3 is 5.97 Å². The average Bonchev–Trinajstić information content (AvgIpc) is 2.68. The fraction of sp³-hybridized carbons (Fsp3) is 0.550. The van der Waals surface area contributed by atoms with Crippen molar-refractivity contribution in [2.24, 2.45) is 4.99 Å². The van der Waals surface area contributed by atoms with Gasteiger partial charge in [-0.05, 0) is 37.0 Å². The quantitative estimate of drug-likeness (QED) is 0.281. The Morgan fingerprint density at radius 3 is 2.82 bits per heavy atom. The second-order valence-corrected chi connectivity index (χ2v) is 6.71. The first-order valence-electron chi connectivity index (χ1n) is 9.48. The number of isocyanates is 1. The molecule has 28 heavy (non-hydrogen) atoms. The first-order valence-corrected chi connectivity index (χ1v) is 9.48. The highest BCUT2D eigenvalue weighted by molar-refractivity contribution is 5.79. The van der Waals surface area contributed by atoms with Crippen LogP contribution in [0.4, 0.5) is 0 Å². The van der Waals surface area contributed by atoms with E-state index < -0.39 is 5.97 Å².